The van der Waals surface area contributed by atoms with Crippen molar-refractivity contribution in [1.29, 1.82) is 0 Å². The van der Waals surface area contributed by atoms with Crippen molar-refractivity contribution in [1.82, 2.24) is 51.0 Å². The molecule has 0 aliphatic carbocycles. The van der Waals surface area contributed by atoms with Crippen LogP contribution < -0.4 is 36.1 Å². The number of hydrazine groups is 1. The van der Waals surface area contributed by atoms with Crippen LogP contribution in [0.5, 0.6) is 5.75 Å². The number of phosphoric ester groups is 1. The monoisotopic (exact) mass is 1650 g/mol. The first kappa shape index (κ1) is 88.0. The lowest BCUT2D eigenvalue weighted by molar-refractivity contribution is -0.221. The molecule has 0 spiro atoms. The molecule has 3 saturated heterocycles. The van der Waals surface area contributed by atoms with Crippen molar-refractivity contribution in [3.63, 3.8) is 0 Å². The third kappa shape index (κ3) is 21.7. The molecule has 6 aromatic rings. The fourth-order valence-electron chi connectivity index (χ4n) is 13.6. The maximum absolute atomic E-state index is 16.9. The number of anilines is 2. The first-order valence-corrected chi connectivity index (χ1v) is 36.7. The molecule has 2 bridgehead atoms. The van der Waals surface area contributed by atoms with E-state index in [-0.39, 0.29) is 50.3 Å². The molecule has 5 amide bonds. The van der Waals surface area contributed by atoms with E-state index in [4.69, 9.17) is 14.0 Å². The van der Waals surface area contributed by atoms with Gasteiger partial charge in [0.1, 0.15) is 35.6 Å². The summed E-state index contributed by atoms with van der Waals surface area (Å²) in [5.74, 6) is -6.93. The summed E-state index contributed by atoms with van der Waals surface area (Å²) in [6.45, 7) is 2.39. The van der Waals surface area contributed by atoms with Gasteiger partial charge in [0, 0.05) is 83.7 Å². The second-order valence-corrected chi connectivity index (χ2v) is 30.5. The lowest BCUT2D eigenvalue weighted by atomic mass is 9.77. The molecule has 6 atom stereocenters. The number of methoxy groups -OCH3 is 2. The summed E-state index contributed by atoms with van der Waals surface area (Å²) in [7, 11) is -4.22. The molecule has 0 radical (unpaired) electrons. The Kier molecular flexibility index (Phi) is 27.1. The highest BCUT2D eigenvalue weighted by molar-refractivity contribution is 7.46. The number of halogens is 10. The number of ether oxygens (including phenoxy) is 4. The first-order valence-electron chi connectivity index (χ1n) is 35.2. The number of aryl methyl sites for hydroxylation is 1. The topological polar surface area (TPSA) is 394 Å². The van der Waals surface area contributed by atoms with Gasteiger partial charge in [-0.3, -0.25) is 39.3 Å². The Morgan fingerprint density at radius 3 is 1.77 bits per heavy atom. The molecule has 41 heteroatoms. The lowest BCUT2D eigenvalue weighted by Crippen LogP contribution is -2.64. The van der Waals surface area contributed by atoms with E-state index in [0.29, 0.717) is 95.8 Å². The highest BCUT2D eigenvalue weighted by atomic mass is 31.2. The second-order valence-electron chi connectivity index (χ2n) is 29.4. The molecule has 2 aromatic heterocycles. The van der Waals surface area contributed by atoms with Crippen LogP contribution in [0, 0.1) is 41.2 Å². The molecule has 30 nitrogen and oxygen atoms in total. The van der Waals surface area contributed by atoms with Gasteiger partial charge in [0.25, 0.3) is 5.91 Å². The fraction of sp³-hybridized carbons (Fsp3) is 0.446. The van der Waals surface area contributed by atoms with Gasteiger partial charge in [-0.2, -0.15) is 40.2 Å². The van der Waals surface area contributed by atoms with Crippen LogP contribution in [-0.2, 0) is 67.5 Å². The number of fused-ring (bicyclic) bond motifs is 2. The molecule has 9 N–H and O–H groups in total. The van der Waals surface area contributed by atoms with Crippen molar-refractivity contribution in [2.75, 3.05) is 57.3 Å². The van der Waals surface area contributed by atoms with Gasteiger partial charge in [-0.15, -0.1) is 0 Å². The van der Waals surface area contributed by atoms with Crippen molar-refractivity contribution in [3.8, 4) is 28.8 Å². The molecule has 620 valence electrons. The van der Waals surface area contributed by atoms with E-state index in [1.165, 1.54) is 63.5 Å². The quantitative estimate of drug-likeness (QED) is 0.00506. The molecule has 3 aliphatic heterocycles. The SMILES string of the molecule is COC(=O)N[C@H](C(=O)N[C@@H](Cc1ccc(C#Cc2cnc(N3CC4CCC(C3)N4C3COC3)nc2)cc1)[C@H](CN(Cc1c(F)cc(-c2ccn(C(F)F)n2)cc1F)NC(=O)[C@@H](NC(=O)OC)C(C)(C)C(F)(F)F)OC(=O)CC(C)(C)c1c(CC(=O)Nc2cc(C(=O)O)cc(C(=O)O)c2)cc(C)cc1OP(=O)(O)O)C(C)(C)C(F)(F)F. The van der Waals surface area contributed by atoms with Crippen LogP contribution in [0.4, 0.5) is 65.1 Å². The predicted molar refractivity (Wildman–Crippen MR) is 385 cm³/mol. The number of carbonyl (C=O) groups excluding carboxylic acids is 6. The van der Waals surface area contributed by atoms with E-state index < -0.39 is 193 Å². The number of hydrogen-bond acceptors (Lipinski definition) is 20. The van der Waals surface area contributed by atoms with Gasteiger partial charge in [-0.25, -0.2) is 52.2 Å². The normalized spacial score (nSPS) is 16.6. The number of carboxylic acid groups (broad SMARTS) is 2. The van der Waals surface area contributed by atoms with Crippen LogP contribution in [0.1, 0.15) is 127 Å². The summed E-state index contributed by atoms with van der Waals surface area (Å²) in [6, 6.07) is 5.87. The van der Waals surface area contributed by atoms with Gasteiger partial charge in [0.2, 0.25) is 17.8 Å². The highest BCUT2D eigenvalue weighted by Crippen LogP contribution is 2.47. The summed E-state index contributed by atoms with van der Waals surface area (Å²) < 4.78 is 192. The van der Waals surface area contributed by atoms with E-state index in [9.17, 15) is 62.1 Å². The minimum atomic E-state index is -5.66. The number of alkyl halides is 8. The zero-order valence-corrected chi connectivity index (χ0v) is 63.8. The number of nitrogens with one attached hydrogen (secondary N) is 5. The molecule has 3 aliphatic rings. The number of aromatic carboxylic acids is 2. The number of benzene rings is 4. The maximum atomic E-state index is 16.9. The van der Waals surface area contributed by atoms with Crippen LogP contribution in [0.25, 0.3) is 11.3 Å². The van der Waals surface area contributed by atoms with Gasteiger partial charge in [0.05, 0.1) is 92.1 Å². The van der Waals surface area contributed by atoms with E-state index in [0.717, 1.165) is 56.5 Å². The Bertz CT molecular complexity index is 4690. The third-order valence-electron chi connectivity index (χ3n) is 19.8. The molecule has 4 aromatic carbocycles. The molecule has 0 saturated carbocycles. The van der Waals surface area contributed by atoms with Crippen molar-refractivity contribution in [2.24, 2.45) is 10.8 Å². The van der Waals surface area contributed by atoms with Gasteiger partial charge in [-0.1, -0.05) is 43.9 Å². The average molecular weight is 1650 g/mol. The zero-order chi connectivity index (χ0) is 84.8. The molecular weight excluding hydrogens is 1570 g/mol. The van der Waals surface area contributed by atoms with Gasteiger partial charge < -0.3 is 59.9 Å². The van der Waals surface area contributed by atoms with Crippen molar-refractivity contribution < 1.29 is 130 Å². The van der Waals surface area contributed by atoms with Crippen LogP contribution in [0.15, 0.2) is 91.4 Å². The number of piperazine rings is 1. The second kappa shape index (κ2) is 35.4. The third-order valence-corrected chi connectivity index (χ3v) is 20.2. The Balaban J connectivity index is 1.17. The Labute approximate surface area is 650 Å². The number of carbonyl (C=O) groups is 8. The number of amides is 5. The van der Waals surface area contributed by atoms with E-state index in [1.54, 1.807) is 5.32 Å². The van der Waals surface area contributed by atoms with Crippen molar-refractivity contribution >= 4 is 67.3 Å². The largest absolute Gasteiger partial charge is 0.524 e. The van der Waals surface area contributed by atoms with Crippen molar-refractivity contribution in [3.05, 3.63) is 153 Å². The maximum Gasteiger partial charge on any atom is 0.524 e. The fourth-order valence-corrected chi connectivity index (χ4v) is 14.0. The molecule has 5 heterocycles. The summed E-state index contributed by atoms with van der Waals surface area (Å²) in [5.41, 5.74) is -9.95. The Morgan fingerprint density at radius 2 is 1.27 bits per heavy atom. The highest BCUT2D eigenvalue weighted by Gasteiger charge is 2.58. The summed E-state index contributed by atoms with van der Waals surface area (Å²) in [4.78, 5) is 144. The van der Waals surface area contributed by atoms with Crippen LogP contribution in [-0.4, -0.2) is 199 Å². The van der Waals surface area contributed by atoms with Crippen molar-refractivity contribution in [2.45, 2.75) is 154 Å². The van der Waals surface area contributed by atoms with Crippen LogP contribution in [0.3, 0.4) is 0 Å². The van der Waals surface area contributed by atoms with Gasteiger partial charge in [-0.05, 0) is 125 Å². The van der Waals surface area contributed by atoms with Crippen LogP contribution >= 0.6 is 7.82 Å². The molecular formula is C74H81F10N12O18P. The smallest absolute Gasteiger partial charge is 0.478 e. The number of rotatable bonds is 30. The standard InChI is InChI=1S/C74H81F10N12O18P/c1-38-20-43(28-57(97)87-46-24-44(64(101)102)23-45(25-46)65(103)104)59(55(21-38)114-115(107,108)109)70(2,3)29-58(98)113-56(35-94(92-63(100)61(90-69(106)111-9)72(6,7)74(82,83)84)34-50-51(75)26-42(27-52(50)76)53-18-19-95(91-53)66(77)78)54(88-62(99)60(89-68(105)110-8)71(4,5)73(79,80)81)22-40-13-10-39(11-14-40)12-15-41-30-85-67(86-31-41)93-32-47-16-17-48(33-93)96(47)49-36-112-37-49/h10-11,13-14,18-21,23-27,30-31,47-49,54,56,60-61,66H,16-17,22,28-29,32-37H2,1-9H3,(H,87,97)(H,88,99)(H,89,105)(H,90,106)(H,92,100)(H,101,102)(H,103,104)(H2,107,108,109)/t47?,48?,54-,56-,60+,61+/m0/s1. The number of esters is 1. The Morgan fingerprint density at radius 1 is 0.722 bits per heavy atom. The summed E-state index contributed by atoms with van der Waals surface area (Å²) >= 11 is 0. The Hall–Kier alpha value is -11.0. The molecule has 9 rings (SSSR count). The zero-order valence-electron chi connectivity index (χ0n) is 62.9. The minimum absolute atomic E-state index is 0.0545. The van der Waals surface area contributed by atoms with E-state index in [2.05, 4.69) is 62.2 Å². The predicted octanol–water partition coefficient (Wildman–Crippen LogP) is 9.29. The van der Waals surface area contributed by atoms with E-state index >= 15 is 44.7 Å². The minimum Gasteiger partial charge on any atom is -0.478 e. The average Bonchev–Trinajstić information content (AvgIpc) is 1.48. The van der Waals surface area contributed by atoms with Gasteiger partial charge in [0.15, 0.2) is 0 Å². The summed E-state index contributed by atoms with van der Waals surface area (Å²) in [5, 5.41) is 31.8. The number of nitrogens with zero attached hydrogens (tertiary/aromatic N) is 7. The molecule has 3 fully saturated rings. The number of phosphoric acid groups is 1. The number of aromatic nitrogens is 4. The first-order chi connectivity index (χ1) is 53.6. The van der Waals surface area contributed by atoms with Crippen LogP contribution in [0.2, 0.25) is 0 Å². The molecule has 115 heavy (non-hydrogen) atoms. The number of carboxylic acids is 2. The number of alkyl carbamates (subject to hydrolysis) is 2. The van der Waals surface area contributed by atoms with Gasteiger partial charge >= 0.3 is 56.8 Å². The summed E-state index contributed by atoms with van der Waals surface area (Å²) in [6.07, 6.45) is -13.4. The lowest BCUT2D eigenvalue weighted by Gasteiger charge is -2.47. The molecule has 2 unspecified atom stereocenters. The van der Waals surface area contributed by atoms with E-state index in [1.807, 2.05) is 5.32 Å². The number of hydrogen-bond donors (Lipinski definition) is 9.